The van der Waals surface area contributed by atoms with Gasteiger partial charge in [-0.3, -0.25) is 9.59 Å². The number of amides is 1. The first-order valence-corrected chi connectivity index (χ1v) is 8.05. The Kier molecular flexibility index (Phi) is 6.17. The van der Waals surface area contributed by atoms with Crippen molar-refractivity contribution in [1.82, 2.24) is 5.32 Å². The maximum atomic E-state index is 11.8. The average Bonchev–Trinajstić information content (AvgIpc) is 2.27. The van der Waals surface area contributed by atoms with E-state index in [2.05, 4.69) is 26.1 Å². The van der Waals surface area contributed by atoms with Crippen LogP contribution in [0.15, 0.2) is 0 Å². The Bertz CT molecular complexity index is 325. The lowest BCUT2D eigenvalue weighted by Gasteiger charge is -2.40. The van der Waals surface area contributed by atoms with Crippen molar-refractivity contribution in [2.75, 3.05) is 11.5 Å². The van der Waals surface area contributed by atoms with E-state index in [9.17, 15) is 9.59 Å². The SMILES string of the molecule is CC(C)(C)C1CCCCC1NC(=O)CSCC(=O)O. The first kappa shape index (κ1) is 16.3. The molecule has 2 unspecified atom stereocenters. The first-order valence-electron chi connectivity index (χ1n) is 6.89. The Labute approximate surface area is 119 Å². The Morgan fingerprint density at radius 2 is 1.84 bits per heavy atom. The van der Waals surface area contributed by atoms with Gasteiger partial charge in [0.1, 0.15) is 0 Å². The standard InChI is InChI=1S/C14H25NO3S/c1-14(2,3)10-6-4-5-7-11(10)15-12(16)8-19-9-13(17)18/h10-11H,4-9H2,1-3H3,(H,15,16)(H,17,18). The highest BCUT2D eigenvalue weighted by molar-refractivity contribution is 8.00. The molecule has 5 heteroatoms. The number of nitrogens with one attached hydrogen (secondary N) is 1. The van der Waals surface area contributed by atoms with Gasteiger partial charge < -0.3 is 10.4 Å². The van der Waals surface area contributed by atoms with E-state index in [1.165, 1.54) is 12.8 Å². The van der Waals surface area contributed by atoms with Gasteiger partial charge in [0.2, 0.25) is 5.91 Å². The Morgan fingerprint density at radius 3 is 2.42 bits per heavy atom. The van der Waals surface area contributed by atoms with E-state index in [0.29, 0.717) is 5.92 Å². The molecule has 0 heterocycles. The highest BCUT2D eigenvalue weighted by atomic mass is 32.2. The van der Waals surface area contributed by atoms with Crippen LogP contribution < -0.4 is 5.32 Å². The van der Waals surface area contributed by atoms with Crippen molar-refractivity contribution >= 4 is 23.6 Å². The fourth-order valence-corrected chi connectivity index (χ4v) is 3.37. The summed E-state index contributed by atoms with van der Waals surface area (Å²) >= 11 is 1.16. The third-order valence-corrected chi connectivity index (χ3v) is 4.60. The smallest absolute Gasteiger partial charge is 0.313 e. The zero-order valence-electron chi connectivity index (χ0n) is 12.1. The summed E-state index contributed by atoms with van der Waals surface area (Å²) < 4.78 is 0. The number of carboxylic acids is 1. The summed E-state index contributed by atoms with van der Waals surface area (Å²) in [7, 11) is 0. The quantitative estimate of drug-likeness (QED) is 0.815. The van der Waals surface area contributed by atoms with Gasteiger partial charge in [-0.1, -0.05) is 33.6 Å². The van der Waals surface area contributed by atoms with Crippen LogP contribution in [0.1, 0.15) is 46.5 Å². The maximum absolute atomic E-state index is 11.8. The van der Waals surface area contributed by atoms with E-state index < -0.39 is 5.97 Å². The summed E-state index contributed by atoms with van der Waals surface area (Å²) in [4.78, 5) is 22.2. The van der Waals surface area contributed by atoms with Crippen LogP contribution in [0.4, 0.5) is 0 Å². The zero-order chi connectivity index (χ0) is 14.5. The fourth-order valence-electron chi connectivity index (χ4n) is 2.82. The van der Waals surface area contributed by atoms with E-state index in [1.54, 1.807) is 0 Å². The molecule has 2 N–H and O–H groups in total. The molecule has 1 amide bonds. The lowest BCUT2D eigenvalue weighted by atomic mass is 9.69. The van der Waals surface area contributed by atoms with E-state index in [-0.39, 0.29) is 28.9 Å². The molecular formula is C14H25NO3S. The molecule has 4 nitrogen and oxygen atoms in total. The monoisotopic (exact) mass is 287 g/mol. The Hall–Kier alpha value is -0.710. The van der Waals surface area contributed by atoms with Gasteiger partial charge in [0, 0.05) is 6.04 Å². The van der Waals surface area contributed by atoms with Crippen LogP contribution in [0.2, 0.25) is 0 Å². The van der Waals surface area contributed by atoms with Gasteiger partial charge >= 0.3 is 5.97 Å². The molecule has 0 radical (unpaired) electrons. The lowest BCUT2D eigenvalue weighted by molar-refractivity contribution is -0.133. The molecule has 1 fully saturated rings. The van der Waals surface area contributed by atoms with Crippen molar-refractivity contribution in [1.29, 1.82) is 0 Å². The fraction of sp³-hybridized carbons (Fsp3) is 0.857. The molecule has 2 atom stereocenters. The molecule has 0 aromatic carbocycles. The number of carbonyl (C=O) groups excluding carboxylic acids is 1. The number of hydrogen-bond donors (Lipinski definition) is 2. The van der Waals surface area contributed by atoms with Crippen molar-refractivity contribution in [3.05, 3.63) is 0 Å². The summed E-state index contributed by atoms with van der Waals surface area (Å²) in [6.07, 6.45) is 4.61. The molecule has 1 aliphatic rings. The van der Waals surface area contributed by atoms with Crippen molar-refractivity contribution < 1.29 is 14.7 Å². The number of thioether (sulfide) groups is 1. The van der Waals surface area contributed by atoms with E-state index in [1.807, 2.05) is 0 Å². The number of rotatable bonds is 5. The summed E-state index contributed by atoms with van der Waals surface area (Å²) in [5.41, 5.74) is 0.201. The predicted octanol–water partition coefficient (Wildman–Crippen LogP) is 2.53. The predicted molar refractivity (Wildman–Crippen MR) is 78.3 cm³/mol. The van der Waals surface area contributed by atoms with E-state index in [0.717, 1.165) is 24.6 Å². The summed E-state index contributed by atoms with van der Waals surface area (Å²) in [6.45, 7) is 6.67. The third kappa shape index (κ3) is 5.85. The van der Waals surface area contributed by atoms with E-state index in [4.69, 9.17) is 5.11 Å². The van der Waals surface area contributed by atoms with Gasteiger partial charge in [-0.2, -0.15) is 0 Å². The molecule has 0 saturated heterocycles. The largest absolute Gasteiger partial charge is 0.481 e. The minimum absolute atomic E-state index is 0.0131. The molecule has 0 spiro atoms. The first-order chi connectivity index (χ1) is 8.80. The van der Waals surface area contributed by atoms with Crippen LogP contribution in [0.3, 0.4) is 0 Å². The van der Waals surface area contributed by atoms with Crippen LogP contribution in [0.5, 0.6) is 0 Å². The molecule has 0 bridgehead atoms. The molecule has 110 valence electrons. The van der Waals surface area contributed by atoms with Gasteiger partial charge in [0.25, 0.3) is 0 Å². The number of carboxylic acid groups (broad SMARTS) is 1. The highest BCUT2D eigenvalue weighted by Crippen LogP contribution is 2.37. The van der Waals surface area contributed by atoms with Crippen LogP contribution >= 0.6 is 11.8 Å². The Morgan fingerprint density at radius 1 is 1.21 bits per heavy atom. The van der Waals surface area contributed by atoms with Gasteiger partial charge in [0.15, 0.2) is 0 Å². The van der Waals surface area contributed by atoms with Gasteiger partial charge in [-0.25, -0.2) is 0 Å². The average molecular weight is 287 g/mol. The normalized spacial score (nSPS) is 23.9. The molecule has 0 aromatic heterocycles. The summed E-state index contributed by atoms with van der Waals surface area (Å²) in [5.74, 6) is -0.175. The second kappa shape index (κ2) is 7.17. The lowest BCUT2D eigenvalue weighted by Crippen LogP contribution is -2.47. The summed E-state index contributed by atoms with van der Waals surface area (Å²) in [6, 6.07) is 0.242. The van der Waals surface area contributed by atoms with Crippen molar-refractivity contribution in [3.8, 4) is 0 Å². The van der Waals surface area contributed by atoms with Crippen LogP contribution in [-0.4, -0.2) is 34.5 Å². The second-order valence-corrected chi connectivity index (χ2v) is 7.30. The van der Waals surface area contributed by atoms with Crippen LogP contribution in [0, 0.1) is 11.3 Å². The van der Waals surface area contributed by atoms with Gasteiger partial charge in [-0.15, -0.1) is 11.8 Å². The molecule has 1 aliphatic carbocycles. The van der Waals surface area contributed by atoms with Crippen LogP contribution in [-0.2, 0) is 9.59 Å². The topological polar surface area (TPSA) is 66.4 Å². The molecular weight excluding hydrogens is 262 g/mol. The zero-order valence-corrected chi connectivity index (χ0v) is 12.9. The summed E-state index contributed by atoms with van der Waals surface area (Å²) in [5, 5.41) is 11.6. The van der Waals surface area contributed by atoms with Gasteiger partial charge in [-0.05, 0) is 24.2 Å². The van der Waals surface area contributed by atoms with Crippen molar-refractivity contribution in [2.45, 2.75) is 52.5 Å². The van der Waals surface area contributed by atoms with Crippen molar-refractivity contribution in [3.63, 3.8) is 0 Å². The van der Waals surface area contributed by atoms with Gasteiger partial charge in [0.05, 0.1) is 11.5 Å². The second-order valence-electron chi connectivity index (χ2n) is 6.32. The molecule has 0 aliphatic heterocycles. The Balaban J connectivity index is 2.44. The van der Waals surface area contributed by atoms with Crippen molar-refractivity contribution in [2.24, 2.45) is 11.3 Å². The minimum Gasteiger partial charge on any atom is -0.481 e. The van der Waals surface area contributed by atoms with E-state index >= 15 is 0 Å². The third-order valence-electron chi connectivity index (χ3n) is 3.68. The van der Waals surface area contributed by atoms with Crippen LogP contribution in [0.25, 0.3) is 0 Å². The number of hydrogen-bond acceptors (Lipinski definition) is 3. The number of aliphatic carboxylic acids is 1. The highest BCUT2D eigenvalue weighted by Gasteiger charge is 2.34. The molecule has 19 heavy (non-hydrogen) atoms. The number of carbonyl (C=O) groups is 2. The molecule has 0 aromatic rings. The maximum Gasteiger partial charge on any atom is 0.313 e. The molecule has 1 saturated carbocycles. The minimum atomic E-state index is -0.872. The molecule has 1 rings (SSSR count).